The van der Waals surface area contributed by atoms with E-state index in [1.807, 2.05) is 0 Å². The van der Waals surface area contributed by atoms with Gasteiger partial charge in [0.2, 0.25) is 0 Å². The van der Waals surface area contributed by atoms with Crippen molar-refractivity contribution >= 4 is 6.29 Å². The van der Waals surface area contributed by atoms with Gasteiger partial charge in [-0.15, -0.1) is 0 Å². The summed E-state index contributed by atoms with van der Waals surface area (Å²) < 4.78 is 0. The van der Waals surface area contributed by atoms with Crippen molar-refractivity contribution in [3.8, 4) is 0 Å². The molecule has 0 aliphatic heterocycles. The van der Waals surface area contributed by atoms with Crippen molar-refractivity contribution in [3.63, 3.8) is 0 Å². The van der Waals surface area contributed by atoms with Crippen LogP contribution >= 0.6 is 0 Å². The van der Waals surface area contributed by atoms with Crippen LogP contribution in [0.1, 0.15) is 26.7 Å². The van der Waals surface area contributed by atoms with Gasteiger partial charge in [0.25, 0.3) is 0 Å². The number of fused-ring (bicyclic) bond motifs is 1. The highest BCUT2D eigenvalue weighted by Crippen LogP contribution is 2.66. The molecular formula is C10H14O. The van der Waals surface area contributed by atoms with Crippen LogP contribution in [0.3, 0.4) is 0 Å². The Labute approximate surface area is 67.5 Å². The van der Waals surface area contributed by atoms with Crippen LogP contribution in [-0.4, -0.2) is 6.29 Å². The highest BCUT2D eigenvalue weighted by atomic mass is 16.1. The first-order chi connectivity index (χ1) is 5.20. The predicted molar refractivity (Wildman–Crippen MR) is 44.1 cm³/mol. The minimum atomic E-state index is 0.510. The number of hydrogen-bond acceptors (Lipinski definition) is 1. The molecule has 0 aromatic carbocycles. The second-order valence-electron chi connectivity index (χ2n) is 4.17. The summed E-state index contributed by atoms with van der Waals surface area (Å²) in [6, 6.07) is 0. The molecular weight excluding hydrogens is 136 g/mol. The third-order valence-corrected chi connectivity index (χ3v) is 3.52. The molecule has 0 spiro atoms. The quantitative estimate of drug-likeness (QED) is 0.551. The maximum atomic E-state index is 10.5. The van der Waals surface area contributed by atoms with Crippen molar-refractivity contribution in [3.05, 3.63) is 11.6 Å². The Kier molecular flexibility index (Phi) is 1.26. The van der Waals surface area contributed by atoms with Gasteiger partial charge < -0.3 is 0 Å². The lowest BCUT2D eigenvalue weighted by Crippen LogP contribution is -2.08. The first kappa shape index (κ1) is 7.08. The Bertz CT molecular complexity index is 227. The van der Waals surface area contributed by atoms with Gasteiger partial charge in [-0.05, 0) is 35.7 Å². The first-order valence-corrected chi connectivity index (χ1v) is 4.36. The van der Waals surface area contributed by atoms with E-state index < -0.39 is 0 Å². The van der Waals surface area contributed by atoms with Crippen molar-refractivity contribution in [1.82, 2.24) is 0 Å². The number of aldehydes is 1. The summed E-state index contributed by atoms with van der Waals surface area (Å²) >= 11 is 0. The second kappa shape index (κ2) is 1.96. The first-order valence-electron chi connectivity index (χ1n) is 4.36. The van der Waals surface area contributed by atoms with Crippen LogP contribution in [0, 0.1) is 17.3 Å². The zero-order valence-corrected chi connectivity index (χ0v) is 7.13. The van der Waals surface area contributed by atoms with E-state index in [4.69, 9.17) is 0 Å². The van der Waals surface area contributed by atoms with Gasteiger partial charge in [0.1, 0.15) is 6.29 Å². The molecule has 1 heteroatoms. The molecule has 1 fully saturated rings. The summed E-state index contributed by atoms with van der Waals surface area (Å²) in [5.74, 6) is 1.36. The molecule has 1 nitrogen and oxygen atoms in total. The van der Waals surface area contributed by atoms with E-state index in [9.17, 15) is 4.79 Å². The molecule has 11 heavy (non-hydrogen) atoms. The Morgan fingerprint density at radius 2 is 2.45 bits per heavy atom. The van der Waals surface area contributed by atoms with Gasteiger partial charge in [-0.2, -0.15) is 0 Å². The summed E-state index contributed by atoms with van der Waals surface area (Å²) in [5, 5.41) is 0. The molecule has 0 aromatic rings. The van der Waals surface area contributed by atoms with Crippen LogP contribution in [0.4, 0.5) is 0 Å². The van der Waals surface area contributed by atoms with Gasteiger partial charge in [-0.25, -0.2) is 0 Å². The zero-order valence-electron chi connectivity index (χ0n) is 7.13. The van der Waals surface area contributed by atoms with Crippen molar-refractivity contribution < 1.29 is 4.79 Å². The fourth-order valence-corrected chi connectivity index (χ4v) is 2.45. The molecule has 0 saturated heterocycles. The second-order valence-corrected chi connectivity index (χ2v) is 4.17. The number of carbonyl (C=O) groups is 1. The third kappa shape index (κ3) is 0.741. The van der Waals surface area contributed by atoms with E-state index in [1.165, 1.54) is 6.42 Å². The molecule has 0 heterocycles. The molecule has 2 aliphatic rings. The van der Waals surface area contributed by atoms with Crippen LogP contribution < -0.4 is 0 Å². The maximum Gasteiger partial charge on any atom is 0.146 e. The van der Waals surface area contributed by atoms with E-state index in [1.54, 1.807) is 0 Å². The third-order valence-electron chi connectivity index (χ3n) is 3.52. The fourth-order valence-electron chi connectivity index (χ4n) is 2.45. The van der Waals surface area contributed by atoms with Gasteiger partial charge in [0.15, 0.2) is 0 Å². The number of carbonyl (C=O) groups excluding carboxylic acids is 1. The van der Waals surface area contributed by atoms with Gasteiger partial charge in [-0.1, -0.05) is 19.9 Å². The number of rotatable bonds is 2. The van der Waals surface area contributed by atoms with Crippen LogP contribution in [0.2, 0.25) is 0 Å². The summed E-state index contributed by atoms with van der Waals surface area (Å²) in [6.07, 6.45) is 5.57. The Morgan fingerprint density at radius 3 is 2.73 bits per heavy atom. The van der Waals surface area contributed by atoms with E-state index >= 15 is 0 Å². The zero-order chi connectivity index (χ0) is 8.06. The smallest absolute Gasteiger partial charge is 0.146 e. The van der Waals surface area contributed by atoms with Crippen LogP contribution in [0.5, 0.6) is 0 Å². The summed E-state index contributed by atoms with van der Waals surface area (Å²) in [4.78, 5) is 10.5. The average Bonchev–Trinajstić information content (AvgIpc) is 2.61. The molecule has 60 valence electrons. The minimum Gasteiger partial charge on any atom is -0.298 e. The van der Waals surface area contributed by atoms with E-state index in [0.717, 1.165) is 24.2 Å². The molecule has 0 radical (unpaired) electrons. The van der Waals surface area contributed by atoms with E-state index in [-0.39, 0.29) is 0 Å². The molecule has 0 amide bonds. The molecule has 2 rings (SSSR count). The van der Waals surface area contributed by atoms with Gasteiger partial charge in [-0.3, -0.25) is 4.79 Å². The largest absolute Gasteiger partial charge is 0.298 e. The SMILES string of the molecule is CC(C)C12CC=C(C=O)[C@H]1C2. The van der Waals surface area contributed by atoms with Crippen LogP contribution in [0.25, 0.3) is 0 Å². The van der Waals surface area contributed by atoms with Crippen molar-refractivity contribution in [2.24, 2.45) is 17.3 Å². The standard InChI is InChI=1S/C10H14O/c1-7(2)10-4-3-8(6-11)9(10)5-10/h3,6-7,9H,4-5H2,1-2H3/t9-,10?/m1/s1. The lowest BCUT2D eigenvalue weighted by atomic mass is 9.89. The Balaban J connectivity index is 2.16. The van der Waals surface area contributed by atoms with Gasteiger partial charge in [0, 0.05) is 0 Å². The Morgan fingerprint density at radius 1 is 1.73 bits per heavy atom. The minimum absolute atomic E-state index is 0.510. The van der Waals surface area contributed by atoms with Crippen molar-refractivity contribution in [1.29, 1.82) is 0 Å². The molecule has 1 saturated carbocycles. The van der Waals surface area contributed by atoms with Crippen LogP contribution in [0.15, 0.2) is 11.6 Å². The van der Waals surface area contributed by atoms with Crippen LogP contribution in [-0.2, 0) is 4.79 Å². The van der Waals surface area contributed by atoms with E-state index in [0.29, 0.717) is 11.3 Å². The molecule has 2 aliphatic carbocycles. The fraction of sp³-hybridized carbons (Fsp3) is 0.700. The van der Waals surface area contributed by atoms with Crippen molar-refractivity contribution in [2.45, 2.75) is 26.7 Å². The summed E-state index contributed by atoms with van der Waals surface area (Å²) in [5.41, 5.74) is 1.58. The molecule has 0 bridgehead atoms. The Hall–Kier alpha value is -0.590. The molecule has 0 aromatic heterocycles. The monoisotopic (exact) mass is 150 g/mol. The lowest BCUT2D eigenvalue weighted by Gasteiger charge is -2.15. The summed E-state index contributed by atoms with van der Waals surface area (Å²) in [7, 11) is 0. The van der Waals surface area contributed by atoms with Gasteiger partial charge in [0.05, 0.1) is 0 Å². The average molecular weight is 150 g/mol. The normalized spacial score (nSPS) is 40.3. The number of hydrogen-bond donors (Lipinski definition) is 0. The topological polar surface area (TPSA) is 17.1 Å². The highest BCUT2D eigenvalue weighted by molar-refractivity contribution is 5.77. The summed E-state index contributed by atoms with van der Waals surface area (Å²) in [6.45, 7) is 4.53. The molecule has 1 unspecified atom stereocenters. The maximum absolute atomic E-state index is 10.5. The highest BCUT2D eigenvalue weighted by Gasteiger charge is 2.59. The van der Waals surface area contributed by atoms with Crippen molar-refractivity contribution in [2.75, 3.05) is 0 Å². The van der Waals surface area contributed by atoms with Gasteiger partial charge >= 0.3 is 0 Å². The molecule has 2 atom stereocenters. The predicted octanol–water partition coefficient (Wildman–Crippen LogP) is 2.18. The lowest BCUT2D eigenvalue weighted by molar-refractivity contribution is -0.105. The number of allylic oxidation sites excluding steroid dienone is 2. The molecule has 0 N–H and O–H groups in total. The van der Waals surface area contributed by atoms with E-state index in [2.05, 4.69) is 19.9 Å².